The van der Waals surface area contributed by atoms with Crippen molar-refractivity contribution in [2.75, 3.05) is 18.4 Å². The molecule has 3 heterocycles. The highest BCUT2D eigenvalue weighted by Crippen LogP contribution is 2.24. The third kappa shape index (κ3) is 2.97. The van der Waals surface area contributed by atoms with Crippen molar-refractivity contribution in [1.82, 2.24) is 14.7 Å². The number of anilines is 1. The SMILES string of the molecule is CC(=O)Nc1ccn([C@@H]2CCN(C(=O)c3cccs3)C2)n1. The molecule has 110 valence electrons. The molecule has 2 aromatic rings. The molecule has 0 aromatic carbocycles. The fourth-order valence-corrected chi connectivity index (χ4v) is 3.18. The van der Waals surface area contributed by atoms with Gasteiger partial charge in [-0.05, 0) is 17.9 Å². The molecule has 0 bridgehead atoms. The van der Waals surface area contributed by atoms with E-state index in [9.17, 15) is 9.59 Å². The summed E-state index contributed by atoms with van der Waals surface area (Å²) in [6.07, 6.45) is 2.72. The zero-order valence-electron chi connectivity index (χ0n) is 11.7. The Hall–Kier alpha value is -2.15. The monoisotopic (exact) mass is 304 g/mol. The number of nitrogens with one attached hydrogen (secondary N) is 1. The van der Waals surface area contributed by atoms with Gasteiger partial charge >= 0.3 is 0 Å². The number of carbonyl (C=O) groups is 2. The molecule has 2 amide bonds. The summed E-state index contributed by atoms with van der Waals surface area (Å²) >= 11 is 1.46. The van der Waals surface area contributed by atoms with Crippen molar-refractivity contribution in [1.29, 1.82) is 0 Å². The second-order valence-corrected chi connectivity index (χ2v) is 5.98. The summed E-state index contributed by atoms with van der Waals surface area (Å²) < 4.78 is 1.83. The van der Waals surface area contributed by atoms with Gasteiger partial charge in [0.25, 0.3) is 5.91 Å². The van der Waals surface area contributed by atoms with Gasteiger partial charge < -0.3 is 10.2 Å². The van der Waals surface area contributed by atoms with Gasteiger partial charge in [0.05, 0.1) is 10.9 Å². The number of amides is 2. The van der Waals surface area contributed by atoms with Gasteiger partial charge in [-0.1, -0.05) is 6.07 Å². The fraction of sp³-hybridized carbons (Fsp3) is 0.357. The van der Waals surface area contributed by atoms with Crippen molar-refractivity contribution >= 4 is 29.0 Å². The number of nitrogens with zero attached hydrogens (tertiary/aromatic N) is 3. The Balaban J connectivity index is 1.65. The molecule has 6 nitrogen and oxygen atoms in total. The largest absolute Gasteiger partial charge is 0.336 e. The molecule has 0 aliphatic carbocycles. The fourth-order valence-electron chi connectivity index (χ4n) is 2.49. The lowest BCUT2D eigenvalue weighted by Gasteiger charge is -2.15. The van der Waals surface area contributed by atoms with Crippen LogP contribution in [-0.2, 0) is 4.79 Å². The predicted octanol–water partition coefficient (Wildman–Crippen LogP) is 1.99. The van der Waals surface area contributed by atoms with E-state index in [1.807, 2.05) is 33.3 Å². The second kappa shape index (κ2) is 5.69. The summed E-state index contributed by atoms with van der Waals surface area (Å²) in [7, 11) is 0. The first-order chi connectivity index (χ1) is 10.1. The lowest BCUT2D eigenvalue weighted by molar-refractivity contribution is -0.114. The summed E-state index contributed by atoms with van der Waals surface area (Å²) in [4.78, 5) is 25.9. The third-order valence-electron chi connectivity index (χ3n) is 3.47. The second-order valence-electron chi connectivity index (χ2n) is 5.03. The summed E-state index contributed by atoms with van der Waals surface area (Å²) in [5, 5.41) is 8.90. The number of rotatable bonds is 3. The molecule has 1 fully saturated rings. The van der Waals surface area contributed by atoms with Crippen LogP contribution in [0.25, 0.3) is 0 Å². The summed E-state index contributed by atoms with van der Waals surface area (Å²) in [6, 6.07) is 5.67. The molecule has 1 atom stereocenters. The van der Waals surface area contributed by atoms with Crippen LogP contribution in [-0.4, -0.2) is 39.6 Å². The van der Waals surface area contributed by atoms with Crippen LogP contribution in [0.5, 0.6) is 0 Å². The van der Waals surface area contributed by atoms with Gasteiger partial charge in [-0.25, -0.2) is 0 Å². The van der Waals surface area contributed by atoms with Crippen molar-refractivity contribution < 1.29 is 9.59 Å². The molecule has 1 aliphatic rings. The van der Waals surface area contributed by atoms with E-state index >= 15 is 0 Å². The summed E-state index contributed by atoms with van der Waals surface area (Å²) in [6.45, 7) is 2.84. The van der Waals surface area contributed by atoms with Crippen molar-refractivity contribution in [3.05, 3.63) is 34.7 Å². The standard InChI is InChI=1S/C14H16N4O2S/c1-10(19)15-13-5-7-18(16-13)11-4-6-17(9-11)14(20)12-3-2-8-21-12/h2-3,5,7-8,11H,4,6,9H2,1H3,(H,15,16,19)/t11-/m1/s1. The maximum atomic E-state index is 12.3. The predicted molar refractivity (Wildman–Crippen MR) is 80.4 cm³/mol. The minimum absolute atomic E-state index is 0.0849. The van der Waals surface area contributed by atoms with Gasteiger partial charge in [-0.2, -0.15) is 5.10 Å². The molecule has 0 radical (unpaired) electrons. The van der Waals surface area contributed by atoms with Crippen LogP contribution < -0.4 is 5.32 Å². The first-order valence-electron chi connectivity index (χ1n) is 6.79. The summed E-state index contributed by atoms with van der Waals surface area (Å²) in [5.74, 6) is 0.494. The minimum atomic E-state index is -0.138. The zero-order chi connectivity index (χ0) is 14.8. The zero-order valence-corrected chi connectivity index (χ0v) is 12.5. The van der Waals surface area contributed by atoms with Crippen LogP contribution >= 0.6 is 11.3 Å². The molecular weight excluding hydrogens is 288 g/mol. The Morgan fingerprint density at radius 2 is 2.29 bits per heavy atom. The molecule has 0 spiro atoms. The Labute approximate surface area is 126 Å². The maximum Gasteiger partial charge on any atom is 0.263 e. The molecule has 0 saturated carbocycles. The average Bonchev–Trinajstić information content (AvgIpc) is 3.18. The van der Waals surface area contributed by atoms with E-state index < -0.39 is 0 Å². The van der Waals surface area contributed by atoms with Crippen LogP contribution in [0.1, 0.15) is 29.1 Å². The van der Waals surface area contributed by atoms with E-state index in [1.54, 1.807) is 6.07 Å². The molecule has 1 saturated heterocycles. The van der Waals surface area contributed by atoms with Crippen molar-refractivity contribution in [3.8, 4) is 0 Å². The summed E-state index contributed by atoms with van der Waals surface area (Å²) in [5.41, 5.74) is 0. The van der Waals surface area contributed by atoms with Crippen LogP contribution in [0.4, 0.5) is 5.82 Å². The Morgan fingerprint density at radius 3 is 3.00 bits per heavy atom. The molecule has 7 heteroatoms. The molecule has 1 N–H and O–H groups in total. The van der Waals surface area contributed by atoms with Crippen molar-refractivity contribution in [2.24, 2.45) is 0 Å². The lowest BCUT2D eigenvalue weighted by atomic mass is 10.3. The average molecular weight is 304 g/mol. The van der Waals surface area contributed by atoms with Crippen molar-refractivity contribution in [2.45, 2.75) is 19.4 Å². The van der Waals surface area contributed by atoms with Crippen LogP contribution in [0.2, 0.25) is 0 Å². The number of carbonyl (C=O) groups excluding carboxylic acids is 2. The first-order valence-corrected chi connectivity index (χ1v) is 7.67. The molecule has 0 unspecified atom stereocenters. The van der Waals surface area contributed by atoms with Gasteiger partial charge in [0, 0.05) is 32.3 Å². The van der Waals surface area contributed by atoms with E-state index in [-0.39, 0.29) is 17.9 Å². The molecule has 21 heavy (non-hydrogen) atoms. The third-order valence-corrected chi connectivity index (χ3v) is 4.33. The van der Waals surface area contributed by atoms with Gasteiger partial charge in [0.1, 0.15) is 0 Å². The van der Waals surface area contributed by atoms with Crippen LogP contribution in [0, 0.1) is 0 Å². The first kappa shape index (κ1) is 13.8. The van der Waals surface area contributed by atoms with E-state index in [4.69, 9.17) is 0 Å². The van der Waals surface area contributed by atoms with E-state index in [0.29, 0.717) is 12.4 Å². The normalized spacial score (nSPS) is 18.0. The molecule has 3 rings (SSSR count). The maximum absolute atomic E-state index is 12.3. The Morgan fingerprint density at radius 1 is 1.43 bits per heavy atom. The Kier molecular flexibility index (Phi) is 3.74. The highest BCUT2D eigenvalue weighted by atomic mass is 32.1. The quantitative estimate of drug-likeness (QED) is 0.943. The van der Waals surface area contributed by atoms with Crippen molar-refractivity contribution in [3.63, 3.8) is 0 Å². The number of hydrogen-bond acceptors (Lipinski definition) is 4. The number of hydrogen-bond donors (Lipinski definition) is 1. The van der Waals surface area contributed by atoms with E-state index in [1.165, 1.54) is 18.3 Å². The van der Waals surface area contributed by atoms with Crippen LogP contribution in [0.15, 0.2) is 29.8 Å². The molecular formula is C14H16N4O2S. The van der Waals surface area contributed by atoms with Gasteiger partial charge in [0.15, 0.2) is 5.82 Å². The van der Waals surface area contributed by atoms with Gasteiger partial charge in [0.2, 0.25) is 5.91 Å². The van der Waals surface area contributed by atoms with E-state index in [2.05, 4.69) is 10.4 Å². The minimum Gasteiger partial charge on any atom is -0.336 e. The van der Waals surface area contributed by atoms with Gasteiger partial charge in [-0.3, -0.25) is 14.3 Å². The molecule has 2 aromatic heterocycles. The smallest absolute Gasteiger partial charge is 0.263 e. The van der Waals surface area contributed by atoms with Crippen LogP contribution in [0.3, 0.4) is 0 Å². The molecule has 1 aliphatic heterocycles. The van der Waals surface area contributed by atoms with Gasteiger partial charge in [-0.15, -0.1) is 11.3 Å². The highest BCUT2D eigenvalue weighted by Gasteiger charge is 2.28. The lowest BCUT2D eigenvalue weighted by Crippen LogP contribution is -2.28. The highest BCUT2D eigenvalue weighted by molar-refractivity contribution is 7.12. The number of likely N-dealkylation sites (tertiary alicyclic amines) is 1. The number of thiophene rings is 1. The number of aromatic nitrogens is 2. The van der Waals surface area contributed by atoms with E-state index in [0.717, 1.165) is 17.8 Å². The topological polar surface area (TPSA) is 67.2 Å². The Bertz CT molecular complexity index is 650.